The highest BCUT2D eigenvalue weighted by molar-refractivity contribution is 5.95. The monoisotopic (exact) mass is 411 g/mol. The predicted octanol–water partition coefficient (Wildman–Crippen LogP) is 4.10. The van der Waals surface area contributed by atoms with Gasteiger partial charge in [-0.1, -0.05) is 18.2 Å². The Hall–Kier alpha value is -4.26. The lowest BCUT2D eigenvalue weighted by atomic mass is 10.1. The van der Waals surface area contributed by atoms with E-state index in [1.807, 2.05) is 55.6 Å². The molecule has 0 unspecified atom stereocenters. The van der Waals surface area contributed by atoms with Crippen LogP contribution in [0.4, 0.5) is 0 Å². The van der Waals surface area contributed by atoms with E-state index in [0.29, 0.717) is 12.2 Å². The summed E-state index contributed by atoms with van der Waals surface area (Å²) in [6.07, 6.45) is 6.90. The number of para-hydroxylation sites is 1. The van der Waals surface area contributed by atoms with Crippen molar-refractivity contribution in [1.82, 2.24) is 20.2 Å². The fourth-order valence-corrected chi connectivity index (χ4v) is 3.02. The van der Waals surface area contributed by atoms with Crippen molar-refractivity contribution in [2.45, 2.75) is 6.92 Å². The molecule has 1 amide bonds. The zero-order valence-corrected chi connectivity index (χ0v) is 17.0. The molecule has 0 saturated carbocycles. The Morgan fingerprint density at radius 2 is 1.90 bits per heavy atom. The van der Waals surface area contributed by atoms with Gasteiger partial charge in [0.1, 0.15) is 11.4 Å². The van der Waals surface area contributed by atoms with E-state index in [-0.39, 0.29) is 5.91 Å². The van der Waals surface area contributed by atoms with Crippen LogP contribution in [0.3, 0.4) is 0 Å². The highest BCUT2D eigenvalue weighted by Gasteiger charge is 2.11. The molecule has 31 heavy (non-hydrogen) atoms. The van der Waals surface area contributed by atoms with Gasteiger partial charge in [-0.2, -0.15) is 10.2 Å². The Kier molecular flexibility index (Phi) is 6.13. The van der Waals surface area contributed by atoms with E-state index in [0.717, 1.165) is 28.3 Å². The highest BCUT2D eigenvalue weighted by atomic mass is 16.5. The molecule has 1 N–H and O–H groups in total. The topological polar surface area (TPSA) is 81.4 Å². The summed E-state index contributed by atoms with van der Waals surface area (Å²) in [7, 11) is 0. The van der Waals surface area contributed by atoms with Crippen molar-refractivity contribution in [3.8, 4) is 22.7 Å². The number of aromatic nitrogens is 3. The summed E-state index contributed by atoms with van der Waals surface area (Å²) in [6.45, 7) is 2.49. The molecule has 0 aliphatic carbocycles. The quantitative estimate of drug-likeness (QED) is 0.367. The Morgan fingerprint density at radius 1 is 1.10 bits per heavy atom. The Bertz CT molecular complexity index is 1170. The molecule has 2 aromatic heterocycles. The molecule has 7 heteroatoms. The first kappa shape index (κ1) is 20.0. The van der Waals surface area contributed by atoms with E-state index in [1.54, 1.807) is 47.6 Å². The number of ether oxygens (including phenoxy) is 1. The van der Waals surface area contributed by atoms with Crippen molar-refractivity contribution < 1.29 is 9.53 Å². The highest BCUT2D eigenvalue weighted by Crippen LogP contribution is 2.21. The van der Waals surface area contributed by atoms with E-state index < -0.39 is 0 Å². The number of nitrogens with zero attached hydrogens (tertiary/aromatic N) is 4. The zero-order chi connectivity index (χ0) is 21.5. The van der Waals surface area contributed by atoms with Gasteiger partial charge in [0.15, 0.2) is 0 Å². The molecule has 0 aliphatic heterocycles. The van der Waals surface area contributed by atoms with Gasteiger partial charge in [0.25, 0.3) is 5.91 Å². The van der Waals surface area contributed by atoms with Gasteiger partial charge >= 0.3 is 0 Å². The maximum absolute atomic E-state index is 12.4. The van der Waals surface area contributed by atoms with Crippen molar-refractivity contribution in [2.75, 3.05) is 6.61 Å². The molecule has 0 atom stereocenters. The van der Waals surface area contributed by atoms with Crippen LogP contribution in [0.2, 0.25) is 0 Å². The average Bonchev–Trinajstić information content (AvgIpc) is 3.25. The number of pyridine rings is 1. The van der Waals surface area contributed by atoms with E-state index in [9.17, 15) is 4.79 Å². The first-order valence-corrected chi connectivity index (χ1v) is 9.86. The van der Waals surface area contributed by atoms with Gasteiger partial charge in [-0.25, -0.2) is 10.1 Å². The minimum atomic E-state index is -0.308. The lowest BCUT2D eigenvalue weighted by molar-refractivity contribution is 0.0955. The lowest BCUT2D eigenvalue weighted by Crippen LogP contribution is -2.17. The van der Waals surface area contributed by atoms with E-state index in [4.69, 9.17) is 9.84 Å². The van der Waals surface area contributed by atoms with Gasteiger partial charge in [0, 0.05) is 35.3 Å². The van der Waals surface area contributed by atoms with Crippen LogP contribution >= 0.6 is 0 Å². The second kappa shape index (κ2) is 9.49. The van der Waals surface area contributed by atoms with Crippen molar-refractivity contribution in [3.63, 3.8) is 0 Å². The molecule has 0 bridgehead atoms. The average molecular weight is 411 g/mol. The summed E-state index contributed by atoms with van der Waals surface area (Å²) in [6, 6.07) is 20.5. The van der Waals surface area contributed by atoms with Crippen molar-refractivity contribution in [3.05, 3.63) is 96.4 Å². The maximum Gasteiger partial charge on any atom is 0.271 e. The van der Waals surface area contributed by atoms with E-state index >= 15 is 0 Å². The van der Waals surface area contributed by atoms with Gasteiger partial charge in [0.2, 0.25) is 0 Å². The molecule has 154 valence electrons. The molecule has 2 aromatic carbocycles. The van der Waals surface area contributed by atoms with Crippen LogP contribution in [0.15, 0.2) is 90.4 Å². The molecule has 0 radical (unpaired) electrons. The molecule has 0 fully saturated rings. The molecule has 0 aliphatic rings. The van der Waals surface area contributed by atoms with E-state index in [1.165, 1.54) is 0 Å². The number of carbonyl (C=O) groups is 1. The van der Waals surface area contributed by atoms with Gasteiger partial charge < -0.3 is 4.74 Å². The predicted molar refractivity (Wildman–Crippen MR) is 119 cm³/mol. The number of hydrazone groups is 1. The second-order valence-electron chi connectivity index (χ2n) is 6.61. The summed E-state index contributed by atoms with van der Waals surface area (Å²) >= 11 is 0. The first-order chi connectivity index (χ1) is 15.2. The van der Waals surface area contributed by atoms with E-state index in [2.05, 4.69) is 15.5 Å². The summed E-state index contributed by atoms with van der Waals surface area (Å²) in [5, 5.41) is 8.83. The molecule has 4 rings (SSSR count). The largest absolute Gasteiger partial charge is 0.494 e. The maximum atomic E-state index is 12.4. The van der Waals surface area contributed by atoms with Crippen molar-refractivity contribution >= 4 is 12.1 Å². The number of benzene rings is 2. The van der Waals surface area contributed by atoms with Gasteiger partial charge in [-0.3, -0.25) is 9.78 Å². The number of hydrogen-bond acceptors (Lipinski definition) is 5. The molecular formula is C24H21N5O2. The van der Waals surface area contributed by atoms with Crippen molar-refractivity contribution in [2.24, 2.45) is 5.10 Å². The van der Waals surface area contributed by atoms with Crippen LogP contribution in [-0.2, 0) is 0 Å². The summed E-state index contributed by atoms with van der Waals surface area (Å²) in [5.74, 6) is 0.412. The minimum Gasteiger partial charge on any atom is -0.494 e. The third-order valence-electron chi connectivity index (χ3n) is 4.50. The standard InChI is InChI=1S/C24H21N5O2/c1-2-31-22-12-10-18(11-13-22)24(30)27-26-16-20-17-29(21-8-4-3-5-9-21)28-23(20)19-7-6-14-25-15-19/h3-17H,2H2,1H3,(H,27,30)/b26-16+. The number of hydrogen-bond donors (Lipinski definition) is 1. The van der Waals surface area contributed by atoms with Crippen LogP contribution in [-0.4, -0.2) is 33.5 Å². The van der Waals surface area contributed by atoms with Gasteiger partial charge in [0.05, 0.1) is 18.5 Å². The third-order valence-corrected chi connectivity index (χ3v) is 4.50. The molecule has 4 aromatic rings. The number of carbonyl (C=O) groups excluding carboxylic acids is 1. The molecular weight excluding hydrogens is 390 g/mol. The fraction of sp³-hybridized carbons (Fsp3) is 0.0833. The number of rotatable bonds is 7. The van der Waals surface area contributed by atoms with Crippen LogP contribution in [0.5, 0.6) is 5.75 Å². The normalized spacial score (nSPS) is 10.9. The lowest BCUT2D eigenvalue weighted by Gasteiger charge is -2.04. The Balaban J connectivity index is 1.56. The Morgan fingerprint density at radius 3 is 2.61 bits per heavy atom. The number of amides is 1. The minimum absolute atomic E-state index is 0.308. The molecule has 2 heterocycles. The van der Waals surface area contributed by atoms with Gasteiger partial charge in [-0.05, 0) is 55.5 Å². The smallest absolute Gasteiger partial charge is 0.271 e. The van der Waals surface area contributed by atoms with Crippen LogP contribution in [0.25, 0.3) is 16.9 Å². The second-order valence-corrected chi connectivity index (χ2v) is 6.61. The molecule has 0 spiro atoms. The van der Waals surface area contributed by atoms with Crippen LogP contribution in [0.1, 0.15) is 22.8 Å². The summed E-state index contributed by atoms with van der Waals surface area (Å²) in [5.41, 5.74) is 6.31. The van der Waals surface area contributed by atoms with Crippen LogP contribution in [0, 0.1) is 0 Å². The summed E-state index contributed by atoms with van der Waals surface area (Å²) < 4.78 is 7.17. The van der Waals surface area contributed by atoms with Crippen molar-refractivity contribution in [1.29, 1.82) is 0 Å². The summed E-state index contributed by atoms with van der Waals surface area (Å²) in [4.78, 5) is 16.6. The third kappa shape index (κ3) is 4.84. The zero-order valence-electron chi connectivity index (χ0n) is 17.0. The fourth-order valence-electron chi connectivity index (χ4n) is 3.02. The number of nitrogens with one attached hydrogen (secondary N) is 1. The Labute approximate surface area is 180 Å². The first-order valence-electron chi connectivity index (χ1n) is 9.86. The van der Waals surface area contributed by atoms with Gasteiger partial charge in [-0.15, -0.1) is 0 Å². The van der Waals surface area contributed by atoms with Crippen LogP contribution < -0.4 is 10.2 Å². The molecule has 7 nitrogen and oxygen atoms in total. The molecule has 0 saturated heterocycles. The SMILES string of the molecule is CCOc1ccc(C(=O)N/N=C/c2cn(-c3ccccc3)nc2-c2cccnc2)cc1.